The van der Waals surface area contributed by atoms with Crippen molar-refractivity contribution in [3.63, 3.8) is 0 Å². The lowest BCUT2D eigenvalue weighted by Gasteiger charge is -2.09. The normalized spacial score (nSPS) is 10.6. The van der Waals surface area contributed by atoms with Gasteiger partial charge in [0.05, 0.1) is 52.9 Å². The molecular weight excluding hydrogens is 456 g/mol. The third-order valence-corrected chi connectivity index (χ3v) is 3.60. The average Bonchev–Trinajstić information content (AvgIpc) is 2.82. The quantitative estimate of drug-likeness (QED) is 0.0732. The van der Waals surface area contributed by atoms with Crippen LogP contribution in [0.15, 0.2) is 0 Å². The molecule has 0 aliphatic carbocycles. The molecule has 0 saturated heterocycles. The Kier molecular flexibility index (Phi) is 23.8. The van der Waals surface area contributed by atoms with Gasteiger partial charge < -0.3 is 54.9 Å². The van der Waals surface area contributed by atoms with Crippen molar-refractivity contribution < 1.29 is 47.6 Å². The van der Waals surface area contributed by atoms with Crippen LogP contribution in [-0.2, 0) is 47.6 Å². The molecule has 3 amide bonds. The Balaban J connectivity index is 3.35. The lowest BCUT2D eigenvalue weighted by atomic mass is 10.5. The maximum absolute atomic E-state index is 11.6. The van der Waals surface area contributed by atoms with Gasteiger partial charge in [-0.2, -0.15) is 0 Å². The van der Waals surface area contributed by atoms with Crippen molar-refractivity contribution in [1.82, 2.24) is 16.0 Å². The van der Waals surface area contributed by atoms with Crippen molar-refractivity contribution in [3.05, 3.63) is 0 Å². The molecule has 0 spiro atoms. The molecule has 0 unspecified atom stereocenters. The van der Waals surface area contributed by atoms with Gasteiger partial charge >= 0.3 is 0 Å². The number of hydrogen-bond donors (Lipinski definition) is 4. The Hall–Kier alpha value is -2.20. The number of ether oxygens (including phenoxy) is 6. The molecule has 0 aliphatic rings. The Morgan fingerprint density at radius 3 is 1.32 bits per heavy atom. The average molecular weight is 495 g/mol. The van der Waals surface area contributed by atoms with Crippen molar-refractivity contribution in [2.75, 3.05) is 105 Å². The Morgan fingerprint density at radius 2 is 0.941 bits per heavy atom. The second-order valence-electron chi connectivity index (χ2n) is 6.46. The first kappa shape index (κ1) is 31.8. The first-order valence-corrected chi connectivity index (χ1v) is 11.0. The van der Waals surface area contributed by atoms with Crippen LogP contribution in [0, 0.1) is 0 Å². The summed E-state index contributed by atoms with van der Waals surface area (Å²) in [5, 5.41) is 7.78. The van der Waals surface area contributed by atoms with Gasteiger partial charge in [-0.1, -0.05) is 0 Å². The molecular formula is C20H38N4O10. The first-order valence-electron chi connectivity index (χ1n) is 11.0. The van der Waals surface area contributed by atoms with Crippen molar-refractivity contribution >= 4 is 24.0 Å². The molecule has 198 valence electrons. The van der Waals surface area contributed by atoms with Crippen molar-refractivity contribution in [3.8, 4) is 0 Å². The highest BCUT2D eigenvalue weighted by Gasteiger charge is 2.05. The predicted octanol–water partition coefficient (Wildman–Crippen LogP) is -3.41. The molecule has 34 heavy (non-hydrogen) atoms. The first-order chi connectivity index (χ1) is 16.6. The van der Waals surface area contributed by atoms with E-state index in [4.69, 9.17) is 34.2 Å². The van der Waals surface area contributed by atoms with E-state index in [0.717, 1.165) is 0 Å². The van der Waals surface area contributed by atoms with Gasteiger partial charge in [0.1, 0.15) is 32.7 Å². The molecule has 0 aliphatic heterocycles. The van der Waals surface area contributed by atoms with Gasteiger partial charge in [0.25, 0.3) is 0 Å². The van der Waals surface area contributed by atoms with Crippen LogP contribution in [0.2, 0.25) is 0 Å². The number of rotatable bonds is 25. The van der Waals surface area contributed by atoms with Crippen LogP contribution in [0.25, 0.3) is 0 Å². The maximum atomic E-state index is 11.6. The van der Waals surface area contributed by atoms with Gasteiger partial charge in [-0.05, 0) is 0 Å². The van der Waals surface area contributed by atoms with E-state index in [9.17, 15) is 19.2 Å². The highest BCUT2D eigenvalue weighted by Crippen LogP contribution is 1.82. The van der Waals surface area contributed by atoms with Gasteiger partial charge in [-0.3, -0.25) is 14.4 Å². The fourth-order valence-electron chi connectivity index (χ4n) is 2.10. The molecule has 0 aromatic heterocycles. The fraction of sp³-hybridized carbons (Fsp3) is 0.800. The molecule has 0 radical (unpaired) electrons. The molecule has 0 bridgehead atoms. The van der Waals surface area contributed by atoms with Gasteiger partial charge in [-0.25, -0.2) is 0 Å². The maximum Gasteiger partial charge on any atom is 0.246 e. The summed E-state index contributed by atoms with van der Waals surface area (Å²) in [6, 6.07) is 0. The van der Waals surface area contributed by atoms with Crippen LogP contribution in [0.5, 0.6) is 0 Å². The van der Waals surface area contributed by atoms with E-state index in [1.807, 2.05) is 0 Å². The molecule has 14 nitrogen and oxygen atoms in total. The van der Waals surface area contributed by atoms with E-state index in [0.29, 0.717) is 72.2 Å². The fourth-order valence-corrected chi connectivity index (χ4v) is 2.10. The number of carbonyl (C=O) groups excluding carboxylic acids is 4. The van der Waals surface area contributed by atoms with Crippen molar-refractivity contribution in [1.29, 1.82) is 0 Å². The van der Waals surface area contributed by atoms with E-state index in [2.05, 4.69) is 16.0 Å². The van der Waals surface area contributed by atoms with Gasteiger partial charge in [-0.15, -0.1) is 0 Å². The number of carbonyl (C=O) groups is 4. The zero-order chi connectivity index (χ0) is 25.1. The van der Waals surface area contributed by atoms with Crippen molar-refractivity contribution in [2.45, 2.75) is 0 Å². The topological polar surface area (TPSA) is 186 Å². The molecule has 0 heterocycles. The zero-order valence-corrected chi connectivity index (χ0v) is 19.6. The molecule has 0 atom stereocenters. The van der Waals surface area contributed by atoms with Crippen LogP contribution in [-0.4, -0.2) is 129 Å². The SMILES string of the molecule is NCCOCCOCCNC(=O)COCC(=O)NCCOCCOCCNC(=O)COCC=O. The number of aldehydes is 1. The molecule has 5 N–H and O–H groups in total. The molecule has 0 aromatic carbocycles. The summed E-state index contributed by atoms with van der Waals surface area (Å²) in [5.41, 5.74) is 5.28. The van der Waals surface area contributed by atoms with Crippen LogP contribution in [0.3, 0.4) is 0 Å². The highest BCUT2D eigenvalue weighted by molar-refractivity contribution is 5.79. The highest BCUT2D eigenvalue weighted by atomic mass is 16.5. The summed E-state index contributed by atoms with van der Waals surface area (Å²) in [5.74, 6) is -1.03. The number of nitrogens with two attached hydrogens (primary N) is 1. The third-order valence-electron chi connectivity index (χ3n) is 3.60. The van der Waals surface area contributed by atoms with E-state index in [-0.39, 0.29) is 57.3 Å². The predicted molar refractivity (Wildman–Crippen MR) is 119 cm³/mol. The zero-order valence-electron chi connectivity index (χ0n) is 19.6. The summed E-state index contributed by atoms with van der Waals surface area (Å²) >= 11 is 0. The minimum absolute atomic E-state index is 0.115. The van der Waals surface area contributed by atoms with Gasteiger partial charge in [0, 0.05) is 26.2 Å². The smallest absolute Gasteiger partial charge is 0.246 e. The second-order valence-corrected chi connectivity index (χ2v) is 6.46. The Bertz CT molecular complexity index is 539. The third kappa shape index (κ3) is 24.4. The largest absolute Gasteiger partial charge is 0.378 e. The summed E-state index contributed by atoms with van der Waals surface area (Å²) in [6.07, 6.45) is 0.570. The number of hydrogen-bond acceptors (Lipinski definition) is 11. The molecule has 0 saturated carbocycles. The molecule has 0 aromatic rings. The van der Waals surface area contributed by atoms with E-state index >= 15 is 0 Å². The lowest BCUT2D eigenvalue weighted by molar-refractivity contribution is -0.131. The van der Waals surface area contributed by atoms with Crippen LogP contribution < -0.4 is 21.7 Å². The second kappa shape index (κ2) is 25.4. The van der Waals surface area contributed by atoms with Gasteiger partial charge in [0.15, 0.2) is 0 Å². The van der Waals surface area contributed by atoms with Crippen LogP contribution in [0.4, 0.5) is 0 Å². The standard InChI is InChI=1S/C20H38N4O10/c21-1-6-29-11-12-30-8-3-23-19(27)16-34-17-20(28)24-4-9-32-14-13-31-7-2-22-18(26)15-33-10-5-25/h5H,1-4,6-17,21H2,(H,22,26)(H,23,27)(H,24,28). The van der Waals surface area contributed by atoms with Gasteiger partial charge in [0.2, 0.25) is 17.7 Å². The number of amides is 3. The summed E-state index contributed by atoms with van der Waals surface area (Å²) in [7, 11) is 0. The van der Waals surface area contributed by atoms with Crippen LogP contribution >= 0.6 is 0 Å². The minimum atomic E-state index is -0.360. The molecule has 14 heteroatoms. The number of nitrogens with one attached hydrogen (secondary N) is 3. The Morgan fingerprint density at radius 1 is 0.559 bits per heavy atom. The van der Waals surface area contributed by atoms with Crippen LogP contribution in [0.1, 0.15) is 0 Å². The van der Waals surface area contributed by atoms with Crippen molar-refractivity contribution in [2.24, 2.45) is 5.73 Å². The Labute approximate surface area is 199 Å². The lowest BCUT2D eigenvalue weighted by Crippen LogP contribution is -2.34. The molecule has 0 fully saturated rings. The van der Waals surface area contributed by atoms with E-state index in [1.165, 1.54) is 0 Å². The molecule has 0 rings (SSSR count). The van der Waals surface area contributed by atoms with E-state index in [1.54, 1.807) is 0 Å². The summed E-state index contributed by atoms with van der Waals surface area (Å²) in [6.45, 7) is 3.60. The monoisotopic (exact) mass is 494 g/mol. The summed E-state index contributed by atoms with van der Waals surface area (Å²) in [4.78, 5) is 44.5. The van der Waals surface area contributed by atoms with E-state index < -0.39 is 0 Å². The summed E-state index contributed by atoms with van der Waals surface area (Å²) < 4.78 is 30.8. The minimum Gasteiger partial charge on any atom is -0.378 e.